The predicted octanol–water partition coefficient (Wildman–Crippen LogP) is 5.94. The van der Waals surface area contributed by atoms with Gasteiger partial charge in [0.05, 0.1) is 11.5 Å². The second kappa shape index (κ2) is 10.2. The Morgan fingerprint density at radius 2 is 1.70 bits per heavy atom. The van der Waals surface area contributed by atoms with Crippen molar-refractivity contribution in [2.75, 3.05) is 13.1 Å². The van der Waals surface area contributed by atoms with Gasteiger partial charge in [0.25, 0.3) is 0 Å². The summed E-state index contributed by atoms with van der Waals surface area (Å²) in [4.78, 5) is 2.43. The molecule has 0 saturated carbocycles. The monoisotopic (exact) mass is 366 g/mol. The standard InChI is InChI=1S/C24H31FN2/c1-4-16-27(18-21-11-6-5-7-12-21)17-10-15-24(19-26,20(2)3)22-13-8-9-14-23(22)25/h5-9,11-14,20H,4,10,15-18H2,1-3H3. The van der Waals surface area contributed by atoms with Crippen LogP contribution in [-0.4, -0.2) is 18.0 Å². The quantitative estimate of drug-likeness (QED) is 0.520. The summed E-state index contributed by atoms with van der Waals surface area (Å²) in [5.74, 6) is -0.226. The Bertz CT molecular complexity index is 736. The molecule has 0 amide bonds. The normalized spacial score (nSPS) is 13.5. The van der Waals surface area contributed by atoms with E-state index in [-0.39, 0.29) is 11.7 Å². The fourth-order valence-corrected chi connectivity index (χ4v) is 3.81. The van der Waals surface area contributed by atoms with E-state index in [0.717, 1.165) is 32.5 Å². The Kier molecular flexibility index (Phi) is 8.00. The molecule has 2 aromatic carbocycles. The van der Waals surface area contributed by atoms with Crippen LogP contribution in [0.1, 0.15) is 51.2 Å². The fraction of sp³-hybridized carbons (Fsp3) is 0.458. The number of nitriles is 1. The van der Waals surface area contributed by atoms with E-state index in [1.807, 2.05) is 26.0 Å². The minimum Gasteiger partial charge on any atom is -0.299 e. The summed E-state index contributed by atoms with van der Waals surface area (Å²) in [6, 6.07) is 19.7. The molecule has 2 aromatic rings. The van der Waals surface area contributed by atoms with Gasteiger partial charge in [-0.1, -0.05) is 69.3 Å². The second-order valence-electron chi connectivity index (χ2n) is 7.58. The second-order valence-corrected chi connectivity index (χ2v) is 7.58. The van der Waals surface area contributed by atoms with Crippen molar-refractivity contribution in [1.29, 1.82) is 5.26 Å². The van der Waals surface area contributed by atoms with Gasteiger partial charge < -0.3 is 0 Å². The molecular formula is C24H31FN2. The lowest BCUT2D eigenvalue weighted by Gasteiger charge is -2.32. The van der Waals surface area contributed by atoms with Crippen LogP contribution in [0.3, 0.4) is 0 Å². The maximum absolute atomic E-state index is 14.5. The van der Waals surface area contributed by atoms with E-state index in [2.05, 4.69) is 42.2 Å². The first kappa shape index (κ1) is 21.1. The summed E-state index contributed by atoms with van der Waals surface area (Å²) in [6.07, 6.45) is 2.62. The van der Waals surface area contributed by atoms with Gasteiger partial charge in [0.2, 0.25) is 0 Å². The highest BCUT2D eigenvalue weighted by molar-refractivity contribution is 5.34. The molecule has 1 unspecified atom stereocenters. The Balaban J connectivity index is 2.10. The van der Waals surface area contributed by atoms with E-state index >= 15 is 0 Å². The molecule has 0 fully saturated rings. The average molecular weight is 367 g/mol. The number of nitrogens with zero attached hydrogens (tertiary/aromatic N) is 2. The third kappa shape index (κ3) is 5.40. The van der Waals surface area contributed by atoms with Crippen molar-refractivity contribution in [3.63, 3.8) is 0 Å². The molecule has 0 radical (unpaired) electrons. The van der Waals surface area contributed by atoms with Crippen LogP contribution >= 0.6 is 0 Å². The molecule has 0 spiro atoms. The molecular weight excluding hydrogens is 335 g/mol. The predicted molar refractivity (Wildman–Crippen MR) is 110 cm³/mol. The summed E-state index contributed by atoms with van der Waals surface area (Å²) in [7, 11) is 0. The molecule has 1 atom stereocenters. The molecule has 3 heteroatoms. The fourth-order valence-electron chi connectivity index (χ4n) is 3.81. The molecule has 0 aliphatic rings. The lowest BCUT2D eigenvalue weighted by molar-refractivity contribution is 0.243. The molecule has 2 nitrogen and oxygen atoms in total. The van der Waals surface area contributed by atoms with Crippen LogP contribution in [0.5, 0.6) is 0 Å². The molecule has 0 saturated heterocycles. The summed E-state index contributed by atoms with van der Waals surface area (Å²) in [5.41, 5.74) is 1.05. The van der Waals surface area contributed by atoms with E-state index in [9.17, 15) is 9.65 Å². The topological polar surface area (TPSA) is 27.0 Å². The maximum atomic E-state index is 14.5. The summed E-state index contributed by atoms with van der Waals surface area (Å²) < 4.78 is 14.5. The third-order valence-corrected chi connectivity index (χ3v) is 5.37. The van der Waals surface area contributed by atoms with Crippen LogP contribution in [0.15, 0.2) is 54.6 Å². The van der Waals surface area contributed by atoms with Gasteiger partial charge in [-0.05, 0) is 49.9 Å². The molecule has 0 heterocycles. The number of hydrogen-bond donors (Lipinski definition) is 0. The van der Waals surface area contributed by atoms with Crippen molar-refractivity contribution in [1.82, 2.24) is 4.90 Å². The van der Waals surface area contributed by atoms with Gasteiger partial charge in [-0.25, -0.2) is 4.39 Å². The number of halogens is 1. The van der Waals surface area contributed by atoms with Gasteiger partial charge in [0.15, 0.2) is 0 Å². The van der Waals surface area contributed by atoms with Crippen LogP contribution in [0, 0.1) is 23.1 Å². The summed E-state index contributed by atoms with van der Waals surface area (Å²) in [6.45, 7) is 9.07. The molecule has 0 aromatic heterocycles. The van der Waals surface area contributed by atoms with Crippen LogP contribution < -0.4 is 0 Å². The average Bonchev–Trinajstić information content (AvgIpc) is 2.67. The van der Waals surface area contributed by atoms with Crippen molar-refractivity contribution in [3.05, 3.63) is 71.5 Å². The Hall–Kier alpha value is -2.18. The van der Waals surface area contributed by atoms with E-state index < -0.39 is 5.41 Å². The largest absolute Gasteiger partial charge is 0.299 e. The van der Waals surface area contributed by atoms with Crippen LogP contribution in [0.2, 0.25) is 0 Å². The van der Waals surface area contributed by atoms with Crippen molar-refractivity contribution in [2.24, 2.45) is 5.92 Å². The van der Waals surface area contributed by atoms with Crippen molar-refractivity contribution in [3.8, 4) is 6.07 Å². The molecule has 0 N–H and O–H groups in total. The first-order valence-corrected chi connectivity index (χ1v) is 9.96. The highest BCUT2D eigenvalue weighted by Crippen LogP contribution is 2.38. The van der Waals surface area contributed by atoms with Crippen LogP contribution in [0.4, 0.5) is 4.39 Å². The van der Waals surface area contributed by atoms with Crippen molar-refractivity contribution in [2.45, 2.75) is 52.0 Å². The van der Waals surface area contributed by atoms with Gasteiger partial charge in [-0.2, -0.15) is 5.26 Å². The molecule has 0 bridgehead atoms. The highest BCUT2D eigenvalue weighted by atomic mass is 19.1. The Morgan fingerprint density at radius 3 is 2.30 bits per heavy atom. The third-order valence-electron chi connectivity index (χ3n) is 5.37. The first-order valence-electron chi connectivity index (χ1n) is 9.96. The minimum atomic E-state index is -0.782. The Morgan fingerprint density at radius 1 is 1.04 bits per heavy atom. The lowest BCUT2D eigenvalue weighted by atomic mass is 9.69. The van der Waals surface area contributed by atoms with Crippen LogP contribution in [0.25, 0.3) is 0 Å². The van der Waals surface area contributed by atoms with Crippen LogP contribution in [-0.2, 0) is 12.0 Å². The zero-order valence-electron chi connectivity index (χ0n) is 16.8. The van der Waals surface area contributed by atoms with E-state index in [0.29, 0.717) is 12.0 Å². The first-order chi connectivity index (χ1) is 13.0. The van der Waals surface area contributed by atoms with E-state index in [4.69, 9.17) is 0 Å². The Labute approximate surface area is 163 Å². The summed E-state index contributed by atoms with van der Waals surface area (Å²) >= 11 is 0. The maximum Gasteiger partial charge on any atom is 0.128 e. The summed E-state index contributed by atoms with van der Waals surface area (Å²) in [5, 5.41) is 10.00. The molecule has 2 rings (SSSR count). The van der Waals surface area contributed by atoms with Gasteiger partial charge in [-0.3, -0.25) is 4.90 Å². The molecule has 0 aliphatic carbocycles. The van der Waals surface area contributed by atoms with Gasteiger partial charge >= 0.3 is 0 Å². The molecule has 144 valence electrons. The number of rotatable bonds is 10. The van der Waals surface area contributed by atoms with Gasteiger partial charge in [-0.15, -0.1) is 0 Å². The molecule has 0 aliphatic heterocycles. The zero-order valence-corrected chi connectivity index (χ0v) is 16.8. The SMILES string of the molecule is CCCN(CCCC(C#N)(c1ccccc1F)C(C)C)Cc1ccccc1. The van der Waals surface area contributed by atoms with E-state index in [1.54, 1.807) is 12.1 Å². The lowest BCUT2D eigenvalue weighted by Crippen LogP contribution is -2.34. The smallest absolute Gasteiger partial charge is 0.128 e. The molecule has 27 heavy (non-hydrogen) atoms. The van der Waals surface area contributed by atoms with Crippen molar-refractivity contribution < 1.29 is 4.39 Å². The van der Waals surface area contributed by atoms with Gasteiger partial charge in [0, 0.05) is 12.1 Å². The van der Waals surface area contributed by atoms with Crippen molar-refractivity contribution >= 4 is 0 Å². The highest BCUT2D eigenvalue weighted by Gasteiger charge is 2.37. The minimum absolute atomic E-state index is 0.0492. The number of benzene rings is 2. The zero-order chi connectivity index (χ0) is 19.7. The number of hydrogen-bond acceptors (Lipinski definition) is 2. The van der Waals surface area contributed by atoms with Gasteiger partial charge in [0.1, 0.15) is 5.82 Å². The van der Waals surface area contributed by atoms with E-state index in [1.165, 1.54) is 11.6 Å².